The van der Waals surface area contributed by atoms with Crippen LogP contribution in [0.5, 0.6) is 0 Å². The average molecular weight is 492 g/mol. The molecule has 2 fully saturated rings. The summed E-state index contributed by atoms with van der Waals surface area (Å²) in [7, 11) is 3.53. The molecule has 8 heteroatoms. The molecule has 1 aromatic heterocycles. The van der Waals surface area contributed by atoms with E-state index in [0.717, 1.165) is 45.0 Å². The van der Waals surface area contributed by atoms with E-state index in [2.05, 4.69) is 32.7 Å². The summed E-state index contributed by atoms with van der Waals surface area (Å²) in [5, 5.41) is 5.53. The number of carbonyl (C=O) groups is 1. The quantitative estimate of drug-likeness (QED) is 0.399. The maximum absolute atomic E-state index is 11.9. The monoisotopic (exact) mass is 492 g/mol. The normalized spacial score (nSPS) is 23.0. The number of carbonyl (C=O) groups excluding carboxylic acids is 1. The lowest BCUT2D eigenvalue weighted by atomic mass is 9.88. The van der Waals surface area contributed by atoms with Gasteiger partial charge in [-0.2, -0.15) is 0 Å². The molecule has 0 bridgehead atoms. The van der Waals surface area contributed by atoms with E-state index in [1.165, 1.54) is 11.3 Å². The molecule has 26 heavy (non-hydrogen) atoms. The first-order chi connectivity index (χ1) is 12.1. The van der Waals surface area contributed by atoms with Crippen LogP contribution in [0.15, 0.2) is 22.5 Å². The van der Waals surface area contributed by atoms with Crippen LogP contribution in [0.3, 0.4) is 0 Å². The van der Waals surface area contributed by atoms with Gasteiger partial charge in [0.1, 0.15) is 6.54 Å². The second-order valence-corrected chi connectivity index (χ2v) is 7.94. The molecule has 1 N–H and O–H groups in total. The number of fused-ring (bicyclic) bond motifs is 1. The molecule has 2 aliphatic heterocycles. The van der Waals surface area contributed by atoms with Gasteiger partial charge in [-0.1, -0.05) is 6.07 Å². The van der Waals surface area contributed by atoms with Crippen LogP contribution in [0.1, 0.15) is 24.1 Å². The number of likely N-dealkylation sites (N-methyl/N-ethyl adjacent to an activating group) is 1. The van der Waals surface area contributed by atoms with Crippen LogP contribution < -0.4 is 5.32 Å². The number of halogens is 1. The molecule has 0 aliphatic carbocycles. The fourth-order valence-corrected chi connectivity index (χ4v) is 4.06. The minimum Gasteiger partial charge on any atom is -0.378 e. The zero-order chi connectivity index (χ0) is 17.6. The molecule has 2 atom stereocenters. The van der Waals surface area contributed by atoms with Crippen molar-refractivity contribution in [2.45, 2.75) is 31.9 Å². The highest BCUT2D eigenvalue weighted by molar-refractivity contribution is 14.0. The number of likely N-dealkylation sites (tertiary alicyclic amines) is 1. The van der Waals surface area contributed by atoms with Crippen LogP contribution in [0.25, 0.3) is 0 Å². The number of aliphatic imine (C=N–C) groups is 1. The first-order valence-electron chi connectivity index (χ1n) is 9.01. The standard InChI is InChI=1S/C18H28N4O2S.HI/c1-21(2)17(23)12-20-18(19-11-15-6-4-10-25-15)22-8-7-16-14(13-22)5-3-9-24-16;/h4,6,10,14,16H,3,5,7-9,11-13H2,1-2H3,(H,19,20);1H. The second-order valence-electron chi connectivity index (χ2n) is 6.91. The molecule has 0 spiro atoms. The summed E-state index contributed by atoms with van der Waals surface area (Å²) in [6, 6.07) is 4.17. The summed E-state index contributed by atoms with van der Waals surface area (Å²) >= 11 is 1.73. The Hall–Kier alpha value is -0.870. The van der Waals surface area contributed by atoms with Gasteiger partial charge in [0.25, 0.3) is 0 Å². The van der Waals surface area contributed by atoms with Crippen molar-refractivity contribution in [2.24, 2.45) is 10.9 Å². The number of ether oxygens (including phenoxy) is 1. The molecule has 1 amide bonds. The van der Waals surface area contributed by atoms with E-state index in [1.54, 1.807) is 30.3 Å². The molecular weight excluding hydrogens is 463 g/mol. The highest BCUT2D eigenvalue weighted by Gasteiger charge is 2.33. The van der Waals surface area contributed by atoms with Gasteiger partial charge in [0, 0.05) is 44.6 Å². The summed E-state index contributed by atoms with van der Waals surface area (Å²) in [6.45, 7) is 3.70. The zero-order valence-electron chi connectivity index (χ0n) is 15.5. The Morgan fingerprint density at radius 1 is 1.46 bits per heavy atom. The number of nitrogens with zero attached hydrogens (tertiary/aromatic N) is 3. The van der Waals surface area contributed by atoms with Crippen molar-refractivity contribution in [2.75, 3.05) is 40.3 Å². The second kappa shape index (κ2) is 10.5. The van der Waals surface area contributed by atoms with Gasteiger partial charge in [0.05, 0.1) is 12.6 Å². The SMILES string of the molecule is CN(C)C(=O)CN=C(NCc1cccs1)N1CCC2OCCCC2C1.I. The third kappa shape index (κ3) is 5.82. The van der Waals surface area contributed by atoms with Crippen LogP contribution in [0.2, 0.25) is 0 Å². The average Bonchev–Trinajstić information content (AvgIpc) is 3.14. The largest absolute Gasteiger partial charge is 0.378 e. The number of hydrogen-bond acceptors (Lipinski definition) is 4. The summed E-state index contributed by atoms with van der Waals surface area (Å²) in [5.74, 6) is 1.43. The topological polar surface area (TPSA) is 57.2 Å². The third-order valence-electron chi connectivity index (χ3n) is 4.88. The number of nitrogens with one attached hydrogen (secondary N) is 1. The lowest BCUT2D eigenvalue weighted by molar-refractivity contribution is -0.127. The van der Waals surface area contributed by atoms with Gasteiger partial charge in [0.15, 0.2) is 5.96 Å². The maximum atomic E-state index is 11.9. The Labute approximate surface area is 177 Å². The summed E-state index contributed by atoms with van der Waals surface area (Å²) < 4.78 is 5.91. The van der Waals surface area contributed by atoms with Crippen molar-refractivity contribution >= 4 is 47.2 Å². The van der Waals surface area contributed by atoms with Gasteiger partial charge in [-0.25, -0.2) is 4.99 Å². The minimum atomic E-state index is 0. The Balaban J connectivity index is 0.00000243. The van der Waals surface area contributed by atoms with E-state index >= 15 is 0 Å². The predicted octanol–water partition coefficient (Wildman–Crippen LogP) is 2.40. The van der Waals surface area contributed by atoms with Crippen LogP contribution in [0.4, 0.5) is 0 Å². The Morgan fingerprint density at radius 3 is 3.04 bits per heavy atom. The van der Waals surface area contributed by atoms with Crippen molar-refractivity contribution in [3.05, 3.63) is 22.4 Å². The fraction of sp³-hybridized carbons (Fsp3) is 0.667. The number of piperidine rings is 1. The molecule has 2 aliphatic rings. The van der Waals surface area contributed by atoms with Crippen LogP contribution in [-0.2, 0) is 16.1 Å². The molecule has 146 valence electrons. The van der Waals surface area contributed by atoms with Gasteiger partial charge in [-0.3, -0.25) is 4.79 Å². The first kappa shape index (κ1) is 21.4. The van der Waals surface area contributed by atoms with Crippen molar-refractivity contribution in [1.82, 2.24) is 15.1 Å². The molecule has 1 aromatic rings. The van der Waals surface area contributed by atoms with E-state index < -0.39 is 0 Å². The van der Waals surface area contributed by atoms with Crippen LogP contribution >= 0.6 is 35.3 Å². The summed E-state index contributed by atoms with van der Waals surface area (Å²) in [6.07, 6.45) is 3.79. The van der Waals surface area contributed by atoms with Crippen molar-refractivity contribution in [3.8, 4) is 0 Å². The molecule has 2 saturated heterocycles. The van der Waals surface area contributed by atoms with E-state index in [0.29, 0.717) is 12.0 Å². The molecule has 0 aromatic carbocycles. The first-order valence-corrected chi connectivity index (χ1v) is 9.89. The Kier molecular flexibility index (Phi) is 8.62. The van der Waals surface area contributed by atoms with Crippen LogP contribution in [0, 0.1) is 5.92 Å². The third-order valence-corrected chi connectivity index (χ3v) is 5.76. The maximum Gasteiger partial charge on any atom is 0.243 e. The molecule has 6 nitrogen and oxygen atoms in total. The van der Waals surface area contributed by atoms with E-state index in [9.17, 15) is 4.79 Å². The number of hydrogen-bond donors (Lipinski definition) is 1. The molecule has 0 radical (unpaired) electrons. The summed E-state index contributed by atoms with van der Waals surface area (Å²) in [4.78, 5) is 21.7. The number of guanidine groups is 1. The van der Waals surface area contributed by atoms with Crippen molar-refractivity contribution < 1.29 is 9.53 Å². The lowest BCUT2D eigenvalue weighted by Gasteiger charge is -2.42. The van der Waals surface area contributed by atoms with Crippen molar-refractivity contribution in [3.63, 3.8) is 0 Å². The van der Waals surface area contributed by atoms with E-state index in [-0.39, 0.29) is 36.4 Å². The number of rotatable bonds is 4. The van der Waals surface area contributed by atoms with Gasteiger partial charge in [0.2, 0.25) is 5.91 Å². The van der Waals surface area contributed by atoms with Gasteiger partial charge in [-0.15, -0.1) is 35.3 Å². The van der Waals surface area contributed by atoms with Gasteiger partial charge < -0.3 is 19.9 Å². The molecule has 3 heterocycles. The van der Waals surface area contributed by atoms with Gasteiger partial charge in [-0.05, 0) is 30.7 Å². The predicted molar refractivity (Wildman–Crippen MR) is 116 cm³/mol. The van der Waals surface area contributed by atoms with Gasteiger partial charge >= 0.3 is 0 Å². The highest BCUT2D eigenvalue weighted by Crippen LogP contribution is 2.28. The molecule has 2 unspecified atom stereocenters. The lowest BCUT2D eigenvalue weighted by Crippen LogP contribution is -2.52. The van der Waals surface area contributed by atoms with Crippen LogP contribution in [-0.4, -0.2) is 68.1 Å². The molecular formula is C18H29IN4O2S. The Bertz CT molecular complexity index is 594. The molecule has 0 saturated carbocycles. The van der Waals surface area contributed by atoms with E-state index in [4.69, 9.17) is 4.74 Å². The highest BCUT2D eigenvalue weighted by atomic mass is 127. The Morgan fingerprint density at radius 2 is 2.31 bits per heavy atom. The number of thiophene rings is 1. The minimum absolute atomic E-state index is 0. The van der Waals surface area contributed by atoms with E-state index in [1.807, 2.05) is 0 Å². The number of amides is 1. The zero-order valence-corrected chi connectivity index (χ0v) is 18.7. The summed E-state index contributed by atoms with van der Waals surface area (Å²) in [5.41, 5.74) is 0. The fourth-order valence-electron chi connectivity index (χ4n) is 3.41. The van der Waals surface area contributed by atoms with Crippen molar-refractivity contribution in [1.29, 1.82) is 0 Å². The smallest absolute Gasteiger partial charge is 0.243 e. The molecule has 3 rings (SSSR count).